The van der Waals surface area contributed by atoms with Crippen LogP contribution in [0.15, 0.2) is 47.4 Å². The number of rotatable bonds is 4. The Labute approximate surface area is 163 Å². The number of benzene rings is 2. The van der Waals surface area contributed by atoms with Gasteiger partial charge in [-0.25, -0.2) is 8.42 Å². The molecule has 0 radical (unpaired) electrons. The molecule has 2 aromatic rings. The Hall–Kier alpha value is -2.09. The molecule has 3 rings (SSSR count). The van der Waals surface area contributed by atoms with E-state index in [9.17, 15) is 18.3 Å². The van der Waals surface area contributed by atoms with Gasteiger partial charge in [0.25, 0.3) is 5.91 Å². The van der Waals surface area contributed by atoms with Crippen LogP contribution in [-0.4, -0.2) is 36.8 Å². The molecule has 0 bridgehead atoms. The average Bonchev–Trinajstić information content (AvgIpc) is 2.65. The summed E-state index contributed by atoms with van der Waals surface area (Å²) in [5.74, 6) is -0.346. The Kier molecular flexibility index (Phi) is 5.74. The van der Waals surface area contributed by atoms with Gasteiger partial charge in [-0.05, 0) is 55.2 Å². The summed E-state index contributed by atoms with van der Waals surface area (Å²) in [6.07, 6.45) is 1.84. The summed E-state index contributed by atoms with van der Waals surface area (Å²) >= 11 is 5.88. The zero-order valence-electron chi connectivity index (χ0n) is 14.9. The van der Waals surface area contributed by atoms with Crippen molar-refractivity contribution < 1.29 is 18.3 Å². The monoisotopic (exact) mass is 408 g/mol. The fraction of sp³-hybridized carbons (Fsp3) is 0.316. The second-order valence-corrected chi connectivity index (χ2v) is 9.13. The first kappa shape index (κ1) is 19.7. The zero-order valence-corrected chi connectivity index (χ0v) is 16.4. The molecule has 1 fully saturated rings. The molecule has 1 aliphatic heterocycles. The van der Waals surface area contributed by atoms with Crippen LogP contribution in [0.2, 0.25) is 5.02 Å². The Morgan fingerprint density at radius 3 is 2.78 bits per heavy atom. The van der Waals surface area contributed by atoms with Crippen LogP contribution in [0, 0.1) is 5.92 Å². The molecule has 2 aromatic carbocycles. The van der Waals surface area contributed by atoms with Gasteiger partial charge in [0, 0.05) is 23.7 Å². The van der Waals surface area contributed by atoms with Crippen LogP contribution >= 0.6 is 11.6 Å². The van der Waals surface area contributed by atoms with Crippen molar-refractivity contribution >= 4 is 33.2 Å². The molecule has 1 heterocycles. The molecule has 0 saturated carbocycles. The van der Waals surface area contributed by atoms with Gasteiger partial charge in [-0.2, -0.15) is 4.31 Å². The summed E-state index contributed by atoms with van der Waals surface area (Å²) in [6, 6.07) is 10.2. The molecular formula is C19H21ClN2O4S. The van der Waals surface area contributed by atoms with E-state index < -0.39 is 15.9 Å². The maximum absolute atomic E-state index is 12.9. The molecule has 0 spiro atoms. The maximum Gasteiger partial charge on any atom is 0.255 e. The fourth-order valence-corrected chi connectivity index (χ4v) is 4.93. The number of piperidine rings is 1. The molecule has 1 saturated heterocycles. The van der Waals surface area contributed by atoms with E-state index in [0.717, 1.165) is 12.8 Å². The van der Waals surface area contributed by atoms with Crippen LogP contribution in [0.1, 0.15) is 30.1 Å². The van der Waals surface area contributed by atoms with Crippen molar-refractivity contribution in [3.05, 3.63) is 53.1 Å². The number of carbonyl (C=O) groups excluding carboxylic acids is 1. The Bertz CT molecular complexity index is 962. The quantitative estimate of drug-likeness (QED) is 0.755. The fourth-order valence-electron chi connectivity index (χ4n) is 3.11. The predicted molar refractivity (Wildman–Crippen MR) is 105 cm³/mol. The average molecular weight is 409 g/mol. The lowest BCUT2D eigenvalue weighted by Crippen LogP contribution is -2.39. The van der Waals surface area contributed by atoms with Crippen molar-refractivity contribution in [2.75, 3.05) is 18.4 Å². The standard InChI is InChI=1S/C19H21ClN2O4S/c1-13-4-3-9-22(12-13)27(25,26)16-6-2-5-14(10-16)19(24)21-17-11-15(20)7-8-18(17)23/h2,5-8,10-11,13,23H,3-4,9,12H2,1H3,(H,21,24)/t13-/m0/s1. The van der Waals surface area contributed by atoms with Crippen LogP contribution in [-0.2, 0) is 10.0 Å². The van der Waals surface area contributed by atoms with Crippen molar-refractivity contribution in [1.29, 1.82) is 0 Å². The number of amides is 1. The van der Waals surface area contributed by atoms with Crippen LogP contribution < -0.4 is 5.32 Å². The molecule has 27 heavy (non-hydrogen) atoms. The lowest BCUT2D eigenvalue weighted by Gasteiger charge is -2.30. The van der Waals surface area contributed by atoms with E-state index in [4.69, 9.17) is 11.6 Å². The summed E-state index contributed by atoms with van der Waals surface area (Å²) in [4.78, 5) is 12.6. The van der Waals surface area contributed by atoms with Crippen molar-refractivity contribution in [2.45, 2.75) is 24.7 Å². The van der Waals surface area contributed by atoms with Gasteiger partial charge in [0.2, 0.25) is 10.0 Å². The van der Waals surface area contributed by atoms with Crippen molar-refractivity contribution in [1.82, 2.24) is 4.31 Å². The molecule has 1 atom stereocenters. The minimum atomic E-state index is -3.66. The highest BCUT2D eigenvalue weighted by molar-refractivity contribution is 7.89. The summed E-state index contributed by atoms with van der Waals surface area (Å²) < 4.78 is 27.3. The summed E-state index contributed by atoms with van der Waals surface area (Å²) in [5, 5.41) is 12.7. The van der Waals surface area contributed by atoms with Crippen LogP contribution in [0.25, 0.3) is 0 Å². The van der Waals surface area contributed by atoms with E-state index >= 15 is 0 Å². The molecule has 0 aromatic heterocycles. The van der Waals surface area contributed by atoms with Gasteiger partial charge >= 0.3 is 0 Å². The van der Waals surface area contributed by atoms with Gasteiger partial charge in [0.1, 0.15) is 5.75 Å². The topological polar surface area (TPSA) is 86.7 Å². The number of phenolic OH excluding ortho intramolecular Hbond substituents is 1. The van der Waals surface area contributed by atoms with Crippen LogP contribution in [0.5, 0.6) is 5.75 Å². The molecule has 8 heteroatoms. The first-order valence-corrected chi connectivity index (χ1v) is 10.5. The van der Waals surface area contributed by atoms with E-state index in [1.807, 2.05) is 6.92 Å². The molecule has 0 aliphatic carbocycles. The van der Waals surface area contributed by atoms with E-state index in [0.29, 0.717) is 24.0 Å². The van der Waals surface area contributed by atoms with Gasteiger partial charge < -0.3 is 10.4 Å². The largest absolute Gasteiger partial charge is 0.506 e. The molecule has 2 N–H and O–H groups in total. The Balaban J connectivity index is 1.84. The number of phenols is 1. The van der Waals surface area contributed by atoms with Crippen molar-refractivity contribution in [2.24, 2.45) is 5.92 Å². The van der Waals surface area contributed by atoms with Gasteiger partial charge in [-0.1, -0.05) is 24.6 Å². The third-order valence-electron chi connectivity index (χ3n) is 4.56. The van der Waals surface area contributed by atoms with Crippen LogP contribution in [0.4, 0.5) is 5.69 Å². The van der Waals surface area contributed by atoms with Crippen molar-refractivity contribution in [3.63, 3.8) is 0 Å². The Morgan fingerprint density at radius 1 is 1.26 bits per heavy atom. The number of nitrogens with one attached hydrogen (secondary N) is 1. The van der Waals surface area contributed by atoms with Gasteiger partial charge in [0.05, 0.1) is 10.6 Å². The minimum absolute atomic E-state index is 0.0829. The van der Waals surface area contributed by atoms with E-state index in [1.165, 1.54) is 46.8 Å². The zero-order chi connectivity index (χ0) is 19.6. The first-order valence-electron chi connectivity index (χ1n) is 8.67. The number of halogens is 1. The predicted octanol–water partition coefficient (Wildman–Crippen LogP) is 3.72. The number of anilines is 1. The molecule has 1 aliphatic rings. The second-order valence-electron chi connectivity index (χ2n) is 6.75. The highest BCUT2D eigenvalue weighted by atomic mass is 35.5. The summed E-state index contributed by atoms with van der Waals surface area (Å²) in [7, 11) is -3.66. The number of hydrogen-bond acceptors (Lipinski definition) is 4. The number of aromatic hydroxyl groups is 1. The highest BCUT2D eigenvalue weighted by Gasteiger charge is 2.29. The highest BCUT2D eigenvalue weighted by Crippen LogP contribution is 2.28. The van der Waals surface area contributed by atoms with E-state index in [1.54, 1.807) is 0 Å². The van der Waals surface area contributed by atoms with Crippen LogP contribution in [0.3, 0.4) is 0 Å². The lowest BCUT2D eigenvalue weighted by atomic mass is 10.0. The van der Waals surface area contributed by atoms with Gasteiger partial charge in [0.15, 0.2) is 0 Å². The Morgan fingerprint density at radius 2 is 2.04 bits per heavy atom. The maximum atomic E-state index is 12.9. The number of carbonyl (C=O) groups is 1. The minimum Gasteiger partial charge on any atom is -0.506 e. The van der Waals surface area contributed by atoms with Crippen molar-refractivity contribution in [3.8, 4) is 5.75 Å². The first-order chi connectivity index (χ1) is 12.8. The normalized spacial score (nSPS) is 18.2. The summed E-state index contributed by atoms with van der Waals surface area (Å²) in [6.45, 7) is 3.00. The summed E-state index contributed by atoms with van der Waals surface area (Å²) in [5.41, 5.74) is 0.339. The van der Waals surface area contributed by atoms with Gasteiger partial charge in [-0.3, -0.25) is 4.79 Å². The van der Waals surface area contributed by atoms with E-state index in [-0.39, 0.29) is 21.9 Å². The third kappa shape index (κ3) is 4.43. The number of sulfonamides is 1. The van der Waals surface area contributed by atoms with Gasteiger partial charge in [-0.15, -0.1) is 0 Å². The second kappa shape index (κ2) is 7.88. The molecule has 144 valence electrons. The van der Waals surface area contributed by atoms with E-state index in [2.05, 4.69) is 5.32 Å². The molecule has 0 unspecified atom stereocenters. The molecular weight excluding hydrogens is 388 g/mol. The third-order valence-corrected chi connectivity index (χ3v) is 6.66. The molecule has 6 nitrogen and oxygen atoms in total. The number of hydrogen-bond donors (Lipinski definition) is 2. The smallest absolute Gasteiger partial charge is 0.255 e. The SMILES string of the molecule is C[C@H]1CCCN(S(=O)(=O)c2cccc(C(=O)Nc3cc(Cl)ccc3O)c2)C1. The lowest BCUT2D eigenvalue weighted by molar-refractivity contribution is 0.102. The number of nitrogens with zero attached hydrogens (tertiary/aromatic N) is 1. The molecule has 1 amide bonds.